The van der Waals surface area contributed by atoms with Crippen molar-refractivity contribution in [2.45, 2.75) is 25.7 Å². The quantitative estimate of drug-likeness (QED) is 0.580. The van der Waals surface area contributed by atoms with Crippen molar-refractivity contribution in [3.8, 4) is 5.75 Å². The first-order valence-corrected chi connectivity index (χ1v) is 9.76. The highest BCUT2D eigenvalue weighted by Crippen LogP contribution is 2.36. The summed E-state index contributed by atoms with van der Waals surface area (Å²) in [5, 5.41) is 8.95. The molecule has 164 valence electrons. The Morgan fingerprint density at radius 2 is 1.69 bits per heavy atom. The van der Waals surface area contributed by atoms with E-state index in [1.54, 1.807) is 42.5 Å². The Labute approximate surface area is 181 Å². The number of fused-ring (bicyclic) bond motifs is 1. The number of carboxylic acid groups (broad SMARTS) is 1. The van der Waals surface area contributed by atoms with Crippen molar-refractivity contribution in [2.24, 2.45) is 0 Å². The molecule has 4 rings (SSSR count). The Hall–Kier alpha value is -3.81. The van der Waals surface area contributed by atoms with Gasteiger partial charge in [0.25, 0.3) is 5.91 Å². The number of rotatable bonds is 6. The lowest BCUT2D eigenvalue weighted by Gasteiger charge is -2.17. The molecule has 0 aliphatic carbocycles. The van der Waals surface area contributed by atoms with Gasteiger partial charge in [-0.3, -0.25) is 9.59 Å². The molecule has 5 nitrogen and oxygen atoms in total. The number of carboxylic acids is 1. The van der Waals surface area contributed by atoms with E-state index in [0.29, 0.717) is 28.1 Å². The van der Waals surface area contributed by atoms with Gasteiger partial charge in [0.15, 0.2) is 0 Å². The molecule has 0 saturated heterocycles. The van der Waals surface area contributed by atoms with Gasteiger partial charge in [-0.2, -0.15) is 13.2 Å². The van der Waals surface area contributed by atoms with Crippen molar-refractivity contribution >= 4 is 17.6 Å². The van der Waals surface area contributed by atoms with Gasteiger partial charge < -0.3 is 14.7 Å². The van der Waals surface area contributed by atoms with Crippen LogP contribution in [0.15, 0.2) is 66.7 Å². The Kier molecular flexibility index (Phi) is 5.61. The lowest BCUT2D eigenvalue weighted by Crippen LogP contribution is -2.23. The van der Waals surface area contributed by atoms with E-state index in [-0.39, 0.29) is 25.5 Å². The molecule has 1 N–H and O–H groups in total. The van der Waals surface area contributed by atoms with Gasteiger partial charge in [-0.1, -0.05) is 36.4 Å². The lowest BCUT2D eigenvalue weighted by atomic mass is 10.1. The third-order valence-corrected chi connectivity index (χ3v) is 5.15. The van der Waals surface area contributed by atoms with Gasteiger partial charge in [-0.05, 0) is 47.0 Å². The minimum Gasteiger partial charge on any atom is -0.488 e. The monoisotopic (exact) mass is 441 g/mol. The number of nitrogens with zero attached hydrogens (tertiary/aromatic N) is 1. The van der Waals surface area contributed by atoms with Crippen molar-refractivity contribution in [3.63, 3.8) is 0 Å². The number of aliphatic carboxylic acids is 1. The number of hydrogen-bond donors (Lipinski definition) is 1. The summed E-state index contributed by atoms with van der Waals surface area (Å²) in [6, 6.07) is 16.6. The number of anilines is 1. The Morgan fingerprint density at radius 3 is 2.38 bits per heavy atom. The fraction of sp³-hybridized carbons (Fsp3) is 0.167. The molecule has 0 saturated carbocycles. The summed E-state index contributed by atoms with van der Waals surface area (Å²) >= 11 is 0. The van der Waals surface area contributed by atoms with Crippen LogP contribution in [0.4, 0.5) is 18.9 Å². The lowest BCUT2D eigenvalue weighted by molar-refractivity contribution is -0.138. The van der Waals surface area contributed by atoms with Gasteiger partial charge in [0, 0.05) is 5.69 Å². The van der Waals surface area contributed by atoms with Gasteiger partial charge in [0.2, 0.25) is 0 Å². The van der Waals surface area contributed by atoms with Gasteiger partial charge >= 0.3 is 12.1 Å². The normalized spacial score (nSPS) is 13.2. The summed E-state index contributed by atoms with van der Waals surface area (Å²) in [6.45, 7) is 0.363. The fourth-order valence-electron chi connectivity index (χ4n) is 3.65. The van der Waals surface area contributed by atoms with Crippen molar-refractivity contribution in [2.75, 3.05) is 4.90 Å². The molecule has 0 bridgehead atoms. The zero-order chi connectivity index (χ0) is 22.9. The highest BCUT2D eigenvalue weighted by Gasteiger charge is 2.33. The molecule has 0 unspecified atom stereocenters. The third-order valence-electron chi connectivity index (χ3n) is 5.15. The molecule has 0 spiro atoms. The molecular weight excluding hydrogens is 423 g/mol. The number of alkyl halides is 3. The van der Waals surface area contributed by atoms with Crippen LogP contribution in [0.5, 0.6) is 5.75 Å². The van der Waals surface area contributed by atoms with Crippen LogP contribution in [0.3, 0.4) is 0 Å². The summed E-state index contributed by atoms with van der Waals surface area (Å²) < 4.78 is 44.4. The second-order valence-corrected chi connectivity index (χ2v) is 7.41. The Bertz CT molecular complexity index is 1170. The Morgan fingerprint density at radius 1 is 1.00 bits per heavy atom. The van der Waals surface area contributed by atoms with Crippen LogP contribution in [-0.4, -0.2) is 17.0 Å². The van der Waals surface area contributed by atoms with E-state index in [1.165, 1.54) is 17.0 Å². The van der Waals surface area contributed by atoms with Crippen molar-refractivity contribution in [3.05, 3.63) is 94.5 Å². The van der Waals surface area contributed by atoms with Crippen LogP contribution in [-0.2, 0) is 30.5 Å². The second-order valence-electron chi connectivity index (χ2n) is 7.41. The maximum Gasteiger partial charge on any atom is 0.416 e. The van der Waals surface area contributed by atoms with E-state index >= 15 is 0 Å². The van der Waals surface area contributed by atoms with E-state index in [1.807, 2.05) is 0 Å². The molecule has 0 radical (unpaired) electrons. The predicted molar refractivity (Wildman–Crippen MR) is 111 cm³/mol. The standard InChI is InChI=1S/C24H18F3NO4/c25-24(26,27)18-7-9-19(10-8-18)28-13-17-5-2-6-20(22(17)23(28)31)32-14-16-4-1-3-15(11-16)12-21(29)30/h1-11H,12-14H2,(H,29,30). The average Bonchev–Trinajstić information content (AvgIpc) is 3.09. The third kappa shape index (κ3) is 4.44. The first-order chi connectivity index (χ1) is 15.2. The van der Waals surface area contributed by atoms with E-state index in [0.717, 1.165) is 17.7 Å². The molecule has 0 fully saturated rings. The van der Waals surface area contributed by atoms with Crippen LogP contribution < -0.4 is 9.64 Å². The second kappa shape index (κ2) is 8.37. The smallest absolute Gasteiger partial charge is 0.416 e. The molecule has 3 aromatic carbocycles. The minimum atomic E-state index is -4.45. The highest BCUT2D eigenvalue weighted by atomic mass is 19.4. The largest absolute Gasteiger partial charge is 0.488 e. The van der Waals surface area contributed by atoms with Gasteiger partial charge in [0.05, 0.1) is 24.1 Å². The van der Waals surface area contributed by atoms with Gasteiger partial charge in [-0.15, -0.1) is 0 Å². The van der Waals surface area contributed by atoms with E-state index < -0.39 is 17.7 Å². The molecule has 1 aliphatic heterocycles. The van der Waals surface area contributed by atoms with Crippen LogP contribution in [0, 0.1) is 0 Å². The maximum absolute atomic E-state index is 13.0. The Balaban J connectivity index is 1.52. The average molecular weight is 441 g/mol. The molecule has 1 amide bonds. The van der Waals surface area contributed by atoms with Crippen LogP contribution in [0.2, 0.25) is 0 Å². The topological polar surface area (TPSA) is 66.8 Å². The maximum atomic E-state index is 13.0. The number of hydrogen-bond acceptors (Lipinski definition) is 3. The highest BCUT2D eigenvalue weighted by molar-refractivity contribution is 6.11. The first kappa shape index (κ1) is 21.4. The number of carbonyl (C=O) groups is 2. The summed E-state index contributed by atoms with van der Waals surface area (Å²) in [5.41, 5.74) is 2.07. The van der Waals surface area contributed by atoms with E-state index in [2.05, 4.69) is 0 Å². The SMILES string of the molecule is O=C(O)Cc1cccc(COc2cccc3c2C(=O)N(c2ccc(C(F)(F)F)cc2)C3)c1. The molecule has 3 aromatic rings. The van der Waals surface area contributed by atoms with Crippen molar-refractivity contribution in [1.82, 2.24) is 0 Å². The molecule has 1 heterocycles. The number of ether oxygens (including phenoxy) is 1. The fourth-order valence-corrected chi connectivity index (χ4v) is 3.65. The molecule has 32 heavy (non-hydrogen) atoms. The summed E-state index contributed by atoms with van der Waals surface area (Å²) in [6.07, 6.45) is -4.55. The summed E-state index contributed by atoms with van der Waals surface area (Å²) in [5.74, 6) is -0.918. The van der Waals surface area contributed by atoms with Crippen molar-refractivity contribution < 1.29 is 32.6 Å². The first-order valence-electron chi connectivity index (χ1n) is 9.76. The molecule has 1 aliphatic rings. The number of halogens is 3. The summed E-state index contributed by atoms with van der Waals surface area (Å²) in [7, 11) is 0. The van der Waals surface area contributed by atoms with E-state index in [9.17, 15) is 22.8 Å². The number of benzene rings is 3. The molecule has 8 heteroatoms. The van der Waals surface area contributed by atoms with Crippen LogP contribution in [0.25, 0.3) is 0 Å². The predicted octanol–water partition coefficient (Wildman–Crippen LogP) is 5.07. The molecule has 0 aromatic heterocycles. The van der Waals surface area contributed by atoms with Crippen LogP contribution >= 0.6 is 0 Å². The van der Waals surface area contributed by atoms with E-state index in [4.69, 9.17) is 9.84 Å². The molecular formula is C24H18F3NO4. The molecule has 0 atom stereocenters. The van der Waals surface area contributed by atoms with Crippen molar-refractivity contribution in [1.29, 1.82) is 0 Å². The number of carbonyl (C=O) groups excluding carboxylic acids is 1. The zero-order valence-electron chi connectivity index (χ0n) is 16.7. The number of amides is 1. The summed E-state index contributed by atoms with van der Waals surface area (Å²) in [4.78, 5) is 25.4. The minimum absolute atomic E-state index is 0.102. The zero-order valence-corrected chi connectivity index (χ0v) is 16.7. The van der Waals surface area contributed by atoms with Gasteiger partial charge in [0.1, 0.15) is 12.4 Å². The van der Waals surface area contributed by atoms with Gasteiger partial charge in [-0.25, -0.2) is 0 Å². The van der Waals surface area contributed by atoms with Crippen LogP contribution in [0.1, 0.15) is 32.6 Å².